The molecule has 1 heterocycles. The van der Waals surface area contributed by atoms with Crippen molar-refractivity contribution >= 4 is 5.91 Å². The Morgan fingerprint density at radius 2 is 1.95 bits per heavy atom. The molecule has 0 spiro atoms. The number of hydrogen-bond acceptors (Lipinski definition) is 3. The van der Waals surface area contributed by atoms with Crippen molar-refractivity contribution in [3.63, 3.8) is 0 Å². The third-order valence-electron chi connectivity index (χ3n) is 3.02. The Hall–Kier alpha value is -2.17. The average molecular weight is 258 g/mol. The van der Waals surface area contributed by atoms with Gasteiger partial charge in [-0.2, -0.15) is 5.10 Å². The van der Waals surface area contributed by atoms with Gasteiger partial charge in [0.15, 0.2) is 0 Å². The fourth-order valence-electron chi connectivity index (χ4n) is 2.27. The van der Waals surface area contributed by atoms with Crippen molar-refractivity contribution in [2.24, 2.45) is 0 Å². The van der Waals surface area contributed by atoms with Crippen molar-refractivity contribution in [1.29, 1.82) is 0 Å². The van der Waals surface area contributed by atoms with Crippen LogP contribution < -0.4 is 5.32 Å². The number of rotatable bonds is 4. The summed E-state index contributed by atoms with van der Waals surface area (Å²) in [5.41, 5.74) is 3.96. The van der Waals surface area contributed by atoms with Crippen LogP contribution in [0.1, 0.15) is 32.9 Å². The van der Waals surface area contributed by atoms with E-state index in [-0.39, 0.29) is 5.91 Å². The van der Waals surface area contributed by atoms with Gasteiger partial charge in [0.05, 0.1) is 0 Å². The molecular weight excluding hydrogens is 240 g/mol. The van der Waals surface area contributed by atoms with Gasteiger partial charge in [0, 0.05) is 18.5 Å². The minimum Gasteiger partial charge on any atom is -0.352 e. The normalized spacial score (nSPS) is 10.5. The van der Waals surface area contributed by atoms with Crippen molar-refractivity contribution in [1.82, 2.24) is 20.5 Å². The molecule has 2 N–H and O–H groups in total. The molecule has 0 bridgehead atoms. The molecular formula is C14H18N4O. The first-order valence-corrected chi connectivity index (χ1v) is 6.28. The first kappa shape index (κ1) is 13.3. The third-order valence-corrected chi connectivity index (χ3v) is 3.02. The second kappa shape index (κ2) is 5.65. The highest BCUT2D eigenvalue weighted by Crippen LogP contribution is 2.16. The number of aromatic nitrogens is 3. The largest absolute Gasteiger partial charge is 0.352 e. The Bertz CT molecular complexity index is 552. The van der Waals surface area contributed by atoms with E-state index in [2.05, 4.69) is 20.5 Å². The third kappa shape index (κ3) is 3.19. The Balaban J connectivity index is 2.00. The zero-order valence-electron chi connectivity index (χ0n) is 11.4. The lowest BCUT2D eigenvalue weighted by atomic mass is 9.99. The monoisotopic (exact) mass is 258 g/mol. The number of H-pyrrole nitrogens is 1. The summed E-state index contributed by atoms with van der Waals surface area (Å²) in [6.07, 6.45) is 2.11. The van der Waals surface area contributed by atoms with E-state index in [1.54, 1.807) is 0 Å². The molecule has 0 saturated carbocycles. The molecule has 5 heteroatoms. The maximum Gasteiger partial charge on any atom is 0.251 e. The average Bonchev–Trinajstić information content (AvgIpc) is 2.80. The van der Waals surface area contributed by atoms with E-state index in [9.17, 15) is 4.79 Å². The molecule has 19 heavy (non-hydrogen) atoms. The number of nitrogens with zero attached hydrogens (tertiary/aromatic N) is 2. The molecule has 0 fully saturated rings. The van der Waals surface area contributed by atoms with Gasteiger partial charge in [-0.15, -0.1) is 0 Å². The molecule has 0 saturated heterocycles. The summed E-state index contributed by atoms with van der Waals surface area (Å²) in [5.74, 6) is 0.743. The summed E-state index contributed by atoms with van der Waals surface area (Å²) in [7, 11) is 0. The molecule has 1 amide bonds. The highest BCUT2D eigenvalue weighted by Gasteiger charge is 2.12. The van der Waals surface area contributed by atoms with Crippen LogP contribution in [0.5, 0.6) is 0 Å². The highest BCUT2D eigenvalue weighted by atomic mass is 16.1. The summed E-state index contributed by atoms with van der Waals surface area (Å²) >= 11 is 0. The van der Waals surface area contributed by atoms with Crippen LogP contribution in [0.2, 0.25) is 0 Å². The highest BCUT2D eigenvalue weighted by molar-refractivity contribution is 5.97. The number of benzene rings is 1. The van der Waals surface area contributed by atoms with E-state index < -0.39 is 0 Å². The Morgan fingerprint density at radius 1 is 1.26 bits per heavy atom. The van der Waals surface area contributed by atoms with E-state index in [0.29, 0.717) is 13.0 Å². The van der Waals surface area contributed by atoms with Crippen molar-refractivity contribution < 1.29 is 4.79 Å². The van der Waals surface area contributed by atoms with Crippen LogP contribution in [-0.2, 0) is 6.42 Å². The van der Waals surface area contributed by atoms with Crippen molar-refractivity contribution in [3.05, 3.63) is 46.5 Å². The van der Waals surface area contributed by atoms with Crippen molar-refractivity contribution in [2.75, 3.05) is 6.54 Å². The molecule has 1 aromatic carbocycles. The van der Waals surface area contributed by atoms with Gasteiger partial charge in [0.25, 0.3) is 5.91 Å². The molecule has 2 aromatic rings. The van der Waals surface area contributed by atoms with Crippen LogP contribution in [-0.4, -0.2) is 27.6 Å². The molecule has 5 nitrogen and oxygen atoms in total. The number of aromatic amines is 1. The van der Waals surface area contributed by atoms with E-state index >= 15 is 0 Å². The molecule has 2 rings (SSSR count). The van der Waals surface area contributed by atoms with E-state index in [1.807, 2.05) is 32.9 Å². The van der Waals surface area contributed by atoms with Crippen molar-refractivity contribution in [2.45, 2.75) is 27.2 Å². The molecule has 0 radical (unpaired) electrons. The predicted molar refractivity (Wildman–Crippen MR) is 73.1 cm³/mol. The molecule has 0 aliphatic carbocycles. The van der Waals surface area contributed by atoms with E-state index in [1.165, 1.54) is 11.9 Å². The first-order valence-electron chi connectivity index (χ1n) is 6.28. The second-order valence-corrected chi connectivity index (χ2v) is 4.71. The Morgan fingerprint density at radius 3 is 2.53 bits per heavy atom. The molecule has 1 aromatic heterocycles. The fraction of sp³-hybridized carbons (Fsp3) is 0.357. The predicted octanol–water partition coefficient (Wildman–Crippen LogP) is 1.70. The van der Waals surface area contributed by atoms with Crippen molar-refractivity contribution in [3.8, 4) is 0 Å². The topological polar surface area (TPSA) is 70.7 Å². The maximum absolute atomic E-state index is 12.2. The smallest absolute Gasteiger partial charge is 0.251 e. The fourth-order valence-corrected chi connectivity index (χ4v) is 2.27. The zero-order valence-corrected chi connectivity index (χ0v) is 11.4. The summed E-state index contributed by atoms with van der Waals surface area (Å²) in [6, 6.07) is 4.05. The van der Waals surface area contributed by atoms with Gasteiger partial charge in [-0.25, -0.2) is 4.98 Å². The number of nitrogens with one attached hydrogen (secondary N) is 2. The lowest BCUT2D eigenvalue weighted by Crippen LogP contribution is -2.27. The lowest BCUT2D eigenvalue weighted by molar-refractivity contribution is 0.0953. The molecule has 0 unspecified atom stereocenters. The van der Waals surface area contributed by atoms with E-state index in [4.69, 9.17) is 0 Å². The van der Waals surface area contributed by atoms with Crippen LogP contribution in [0, 0.1) is 20.8 Å². The maximum atomic E-state index is 12.2. The summed E-state index contributed by atoms with van der Waals surface area (Å²) < 4.78 is 0. The first-order chi connectivity index (χ1) is 9.08. The van der Waals surface area contributed by atoms with Gasteiger partial charge in [0.1, 0.15) is 12.2 Å². The van der Waals surface area contributed by atoms with Crippen LogP contribution >= 0.6 is 0 Å². The standard InChI is InChI=1S/C14H18N4O/c1-9-6-10(2)13(11(3)7-9)14(19)15-5-4-12-16-8-17-18-12/h6-8H,4-5H2,1-3H3,(H,15,19)(H,16,17,18). The molecule has 0 aliphatic heterocycles. The second-order valence-electron chi connectivity index (χ2n) is 4.71. The van der Waals surface area contributed by atoms with Crippen LogP contribution in [0.3, 0.4) is 0 Å². The lowest BCUT2D eigenvalue weighted by Gasteiger charge is -2.11. The van der Waals surface area contributed by atoms with E-state index in [0.717, 1.165) is 22.5 Å². The van der Waals surface area contributed by atoms with Gasteiger partial charge in [0.2, 0.25) is 0 Å². The van der Waals surface area contributed by atoms with Gasteiger partial charge in [-0.05, 0) is 31.9 Å². The number of amides is 1. The molecule has 100 valence electrons. The molecule has 0 aliphatic rings. The van der Waals surface area contributed by atoms with Crippen LogP contribution in [0.25, 0.3) is 0 Å². The molecule has 0 atom stereocenters. The van der Waals surface area contributed by atoms with Crippen LogP contribution in [0.4, 0.5) is 0 Å². The van der Waals surface area contributed by atoms with Gasteiger partial charge in [-0.3, -0.25) is 9.89 Å². The number of carbonyl (C=O) groups is 1. The summed E-state index contributed by atoms with van der Waals surface area (Å²) in [4.78, 5) is 16.2. The van der Waals surface area contributed by atoms with Crippen LogP contribution in [0.15, 0.2) is 18.5 Å². The minimum atomic E-state index is -0.0329. The van der Waals surface area contributed by atoms with Gasteiger partial charge < -0.3 is 5.32 Å². The number of aryl methyl sites for hydroxylation is 3. The van der Waals surface area contributed by atoms with Gasteiger partial charge in [-0.1, -0.05) is 17.7 Å². The summed E-state index contributed by atoms with van der Waals surface area (Å²) in [6.45, 7) is 6.50. The quantitative estimate of drug-likeness (QED) is 0.877. The minimum absolute atomic E-state index is 0.0329. The summed E-state index contributed by atoms with van der Waals surface area (Å²) in [5, 5.41) is 9.45. The Labute approximate surface area is 112 Å². The zero-order chi connectivity index (χ0) is 13.8. The number of hydrogen-bond donors (Lipinski definition) is 2. The Kier molecular flexibility index (Phi) is 3.94. The van der Waals surface area contributed by atoms with Gasteiger partial charge >= 0.3 is 0 Å². The number of carbonyl (C=O) groups excluding carboxylic acids is 1. The SMILES string of the molecule is Cc1cc(C)c(C(=O)NCCc2ncn[nH]2)c(C)c1.